The van der Waals surface area contributed by atoms with Crippen molar-refractivity contribution >= 4 is 11.6 Å². The van der Waals surface area contributed by atoms with Crippen molar-refractivity contribution in [3.63, 3.8) is 0 Å². The molecule has 19 heavy (non-hydrogen) atoms. The van der Waals surface area contributed by atoms with Gasteiger partial charge in [-0.25, -0.2) is 9.97 Å². The summed E-state index contributed by atoms with van der Waals surface area (Å²) >= 11 is 6.01. The topological polar surface area (TPSA) is 44.2 Å². The van der Waals surface area contributed by atoms with Gasteiger partial charge < -0.3 is 9.47 Å². The third kappa shape index (κ3) is 2.63. The first-order valence-corrected chi connectivity index (χ1v) is 6.47. The molecule has 1 heterocycles. The molecule has 0 atom stereocenters. The van der Waals surface area contributed by atoms with Crippen LogP contribution in [0.5, 0.6) is 11.5 Å². The molecule has 1 fully saturated rings. The van der Waals surface area contributed by atoms with Crippen LogP contribution >= 0.6 is 11.6 Å². The highest BCUT2D eigenvalue weighted by molar-refractivity contribution is 6.31. The molecule has 4 nitrogen and oxygen atoms in total. The normalized spacial score (nSPS) is 14.2. The van der Waals surface area contributed by atoms with Crippen LogP contribution in [0.4, 0.5) is 0 Å². The van der Waals surface area contributed by atoms with Crippen molar-refractivity contribution < 1.29 is 9.47 Å². The first-order chi connectivity index (χ1) is 9.28. The number of halogens is 1. The molecule has 1 saturated carbocycles. The van der Waals surface area contributed by atoms with E-state index in [1.165, 1.54) is 6.33 Å². The summed E-state index contributed by atoms with van der Waals surface area (Å²) in [5, 5.41) is 0.306. The predicted molar refractivity (Wildman–Crippen MR) is 72.7 cm³/mol. The van der Waals surface area contributed by atoms with Gasteiger partial charge in [-0.3, -0.25) is 0 Å². The van der Waals surface area contributed by atoms with Gasteiger partial charge in [0.05, 0.1) is 13.2 Å². The van der Waals surface area contributed by atoms with Crippen LogP contribution in [-0.2, 0) is 0 Å². The van der Waals surface area contributed by atoms with Gasteiger partial charge in [0.1, 0.15) is 17.8 Å². The van der Waals surface area contributed by atoms with Gasteiger partial charge in [-0.15, -0.1) is 0 Å². The third-order valence-corrected chi connectivity index (χ3v) is 3.17. The highest BCUT2D eigenvalue weighted by atomic mass is 35.5. The summed E-state index contributed by atoms with van der Waals surface area (Å²) in [6, 6.07) is 7.76. The Kier molecular flexibility index (Phi) is 3.25. The van der Waals surface area contributed by atoms with E-state index in [0.29, 0.717) is 22.7 Å². The monoisotopic (exact) mass is 276 g/mol. The Bertz CT molecular complexity index is 600. The second-order valence-corrected chi connectivity index (χ2v) is 4.75. The van der Waals surface area contributed by atoms with Gasteiger partial charge in [-0.1, -0.05) is 23.7 Å². The lowest BCUT2D eigenvalue weighted by Crippen LogP contribution is -1.97. The van der Waals surface area contributed by atoms with Gasteiger partial charge in [0.25, 0.3) is 0 Å². The van der Waals surface area contributed by atoms with Crippen molar-refractivity contribution in [1.29, 1.82) is 0 Å². The van der Waals surface area contributed by atoms with Crippen molar-refractivity contribution in [2.75, 3.05) is 7.11 Å². The lowest BCUT2D eigenvalue weighted by molar-refractivity contribution is 0.303. The van der Waals surface area contributed by atoms with E-state index >= 15 is 0 Å². The minimum absolute atomic E-state index is 0.306. The number of aromatic nitrogens is 2. The average Bonchev–Trinajstić information content (AvgIpc) is 3.23. The second kappa shape index (κ2) is 5.05. The van der Waals surface area contributed by atoms with E-state index in [0.717, 1.165) is 24.2 Å². The van der Waals surface area contributed by atoms with Crippen molar-refractivity contribution in [2.24, 2.45) is 0 Å². The smallest absolute Gasteiger partial charge is 0.182 e. The van der Waals surface area contributed by atoms with Crippen molar-refractivity contribution in [3.05, 3.63) is 35.7 Å². The van der Waals surface area contributed by atoms with E-state index < -0.39 is 0 Å². The van der Waals surface area contributed by atoms with Gasteiger partial charge in [0, 0.05) is 5.56 Å². The number of rotatable bonds is 4. The largest absolute Gasteiger partial charge is 0.491 e. The summed E-state index contributed by atoms with van der Waals surface area (Å²) in [6.45, 7) is 0. The van der Waals surface area contributed by atoms with E-state index in [2.05, 4.69) is 9.97 Å². The van der Waals surface area contributed by atoms with Crippen LogP contribution in [0.15, 0.2) is 30.6 Å². The first kappa shape index (κ1) is 12.2. The molecule has 1 aromatic heterocycles. The molecule has 0 unspecified atom stereocenters. The summed E-state index contributed by atoms with van der Waals surface area (Å²) in [5.41, 5.74) is 1.57. The van der Waals surface area contributed by atoms with E-state index in [4.69, 9.17) is 21.1 Å². The van der Waals surface area contributed by atoms with Gasteiger partial charge in [0.15, 0.2) is 10.9 Å². The number of hydrogen-bond acceptors (Lipinski definition) is 4. The molecule has 0 saturated heterocycles. The predicted octanol–water partition coefficient (Wildman–Crippen LogP) is 3.35. The van der Waals surface area contributed by atoms with Gasteiger partial charge in [-0.2, -0.15) is 0 Å². The molecule has 5 heteroatoms. The molecule has 0 radical (unpaired) electrons. The maximum absolute atomic E-state index is 6.01. The van der Waals surface area contributed by atoms with Gasteiger partial charge in [0.2, 0.25) is 0 Å². The fraction of sp³-hybridized carbons (Fsp3) is 0.286. The Balaban J connectivity index is 1.98. The molecule has 2 aromatic rings. The molecular formula is C14H13ClN2O2. The molecule has 0 bridgehead atoms. The molecule has 3 rings (SSSR count). The van der Waals surface area contributed by atoms with E-state index in [1.54, 1.807) is 7.11 Å². The number of nitrogens with zero attached hydrogens (tertiary/aromatic N) is 2. The molecule has 98 valence electrons. The van der Waals surface area contributed by atoms with Crippen molar-refractivity contribution in [1.82, 2.24) is 9.97 Å². The number of benzene rings is 1. The minimum Gasteiger partial charge on any atom is -0.491 e. The van der Waals surface area contributed by atoms with Gasteiger partial charge >= 0.3 is 0 Å². The Labute approximate surface area is 116 Å². The van der Waals surface area contributed by atoms with Crippen LogP contribution < -0.4 is 9.47 Å². The summed E-state index contributed by atoms with van der Waals surface area (Å²) in [6.07, 6.45) is 4.06. The maximum Gasteiger partial charge on any atom is 0.182 e. The SMILES string of the molecule is COc1c(Cl)ncnc1-c1cccc(OC2CC2)c1. The maximum atomic E-state index is 6.01. The van der Waals surface area contributed by atoms with Crippen molar-refractivity contribution in [2.45, 2.75) is 18.9 Å². The summed E-state index contributed by atoms with van der Waals surface area (Å²) in [4.78, 5) is 8.16. The standard InChI is InChI=1S/C14H13ClN2O2/c1-18-13-12(16-8-17-14(13)15)9-3-2-4-11(7-9)19-10-5-6-10/h2-4,7-8,10H,5-6H2,1H3. The fourth-order valence-electron chi connectivity index (χ4n) is 1.83. The number of hydrogen-bond donors (Lipinski definition) is 0. The quantitative estimate of drug-likeness (QED) is 0.804. The summed E-state index contributed by atoms with van der Waals surface area (Å²) in [7, 11) is 1.55. The molecule has 0 amide bonds. The molecule has 0 spiro atoms. The van der Waals surface area contributed by atoms with Crippen LogP contribution in [0.1, 0.15) is 12.8 Å². The Morgan fingerprint density at radius 2 is 2.11 bits per heavy atom. The van der Waals surface area contributed by atoms with Crippen LogP contribution in [0.25, 0.3) is 11.3 Å². The number of ether oxygens (including phenoxy) is 2. The van der Waals surface area contributed by atoms with Crippen LogP contribution in [-0.4, -0.2) is 23.2 Å². The van der Waals surface area contributed by atoms with E-state index in [1.807, 2.05) is 24.3 Å². The summed E-state index contributed by atoms with van der Waals surface area (Å²) in [5.74, 6) is 1.32. The fourth-order valence-corrected chi connectivity index (χ4v) is 2.04. The van der Waals surface area contributed by atoms with E-state index in [-0.39, 0.29) is 0 Å². The van der Waals surface area contributed by atoms with Crippen LogP contribution in [0, 0.1) is 0 Å². The molecule has 0 aliphatic heterocycles. The molecule has 1 aliphatic carbocycles. The number of methoxy groups -OCH3 is 1. The Hall–Kier alpha value is -1.81. The van der Waals surface area contributed by atoms with E-state index in [9.17, 15) is 0 Å². The van der Waals surface area contributed by atoms with Crippen LogP contribution in [0.3, 0.4) is 0 Å². The summed E-state index contributed by atoms with van der Waals surface area (Å²) < 4.78 is 11.0. The lowest BCUT2D eigenvalue weighted by atomic mass is 10.1. The minimum atomic E-state index is 0.306. The zero-order chi connectivity index (χ0) is 13.2. The molecular weight excluding hydrogens is 264 g/mol. The lowest BCUT2D eigenvalue weighted by Gasteiger charge is -2.10. The Morgan fingerprint density at radius 1 is 1.26 bits per heavy atom. The molecule has 0 N–H and O–H groups in total. The highest BCUT2D eigenvalue weighted by Crippen LogP contribution is 2.35. The Morgan fingerprint density at radius 3 is 2.84 bits per heavy atom. The highest BCUT2D eigenvalue weighted by Gasteiger charge is 2.23. The third-order valence-electron chi connectivity index (χ3n) is 2.90. The van der Waals surface area contributed by atoms with Gasteiger partial charge in [-0.05, 0) is 25.0 Å². The average molecular weight is 277 g/mol. The van der Waals surface area contributed by atoms with Crippen LogP contribution in [0.2, 0.25) is 5.15 Å². The molecule has 1 aromatic carbocycles. The zero-order valence-electron chi connectivity index (χ0n) is 10.5. The molecule has 1 aliphatic rings. The second-order valence-electron chi connectivity index (χ2n) is 4.39. The zero-order valence-corrected chi connectivity index (χ0v) is 11.2. The first-order valence-electron chi connectivity index (χ1n) is 6.09. The van der Waals surface area contributed by atoms with Crippen molar-refractivity contribution in [3.8, 4) is 22.8 Å².